The van der Waals surface area contributed by atoms with E-state index in [0.29, 0.717) is 16.9 Å². The van der Waals surface area contributed by atoms with Crippen LogP contribution in [0.25, 0.3) is 10.1 Å². The van der Waals surface area contributed by atoms with Gasteiger partial charge >= 0.3 is 5.97 Å². The average Bonchev–Trinajstić information content (AvgIpc) is 2.67. The molecule has 1 aromatic carbocycles. The number of esters is 1. The molecule has 1 aliphatic rings. The molecule has 0 radical (unpaired) electrons. The van der Waals surface area contributed by atoms with Gasteiger partial charge in [0.25, 0.3) is 0 Å². The third-order valence-electron chi connectivity index (χ3n) is 4.28. The normalized spacial score (nSPS) is 16.1. The van der Waals surface area contributed by atoms with Crippen molar-refractivity contribution in [3.8, 4) is 5.75 Å². The van der Waals surface area contributed by atoms with E-state index < -0.39 is 11.9 Å². The average molecular weight is 366 g/mol. The first-order chi connectivity index (χ1) is 12.6. The summed E-state index contributed by atoms with van der Waals surface area (Å²) < 4.78 is 11.2. The van der Waals surface area contributed by atoms with Gasteiger partial charge in [-0.3, -0.25) is 9.78 Å². The highest BCUT2D eigenvalue weighted by atomic mass is 32.1. The van der Waals surface area contributed by atoms with Crippen LogP contribution in [0.15, 0.2) is 65.0 Å². The first-order valence-corrected chi connectivity index (χ1v) is 8.65. The Morgan fingerprint density at radius 1 is 1.27 bits per heavy atom. The lowest BCUT2D eigenvalue weighted by atomic mass is 9.84. The number of nitrogens with zero attached hydrogens (tertiary/aromatic N) is 1. The molecule has 0 bridgehead atoms. The molecule has 130 valence electrons. The van der Waals surface area contributed by atoms with E-state index in [9.17, 15) is 9.59 Å². The number of carbonyl (C=O) groups is 1. The molecule has 0 unspecified atom stereocenters. The molecule has 2 N–H and O–H groups in total. The van der Waals surface area contributed by atoms with Crippen LogP contribution in [0.5, 0.6) is 5.75 Å². The van der Waals surface area contributed by atoms with E-state index in [-0.39, 0.29) is 16.2 Å². The Bertz CT molecular complexity index is 1110. The fourth-order valence-corrected chi connectivity index (χ4v) is 4.09. The molecule has 0 saturated carbocycles. The summed E-state index contributed by atoms with van der Waals surface area (Å²) in [5.41, 5.74) is 7.22. The Kier molecular flexibility index (Phi) is 3.93. The van der Waals surface area contributed by atoms with E-state index in [4.69, 9.17) is 15.2 Å². The van der Waals surface area contributed by atoms with Gasteiger partial charge < -0.3 is 15.2 Å². The van der Waals surface area contributed by atoms with Crippen LogP contribution in [-0.4, -0.2) is 18.1 Å². The maximum absolute atomic E-state index is 12.9. The zero-order valence-corrected chi connectivity index (χ0v) is 14.6. The predicted molar refractivity (Wildman–Crippen MR) is 98.0 cm³/mol. The van der Waals surface area contributed by atoms with Gasteiger partial charge in [0.2, 0.25) is 10.6 Å². The number of rotatable bonds is 2. The van der Waals surface area contributed by atoms with Gasteiger partial charge in [0.15, 0.2) is 0 Å². The Morgan fingerprint density at radius 3 is 2.81 bits per heavy atom. The summed E-state index contributed by atoms with van der Waals surface area (Å²) in [6.07, 6.45) is 3.23. The van der Waals surface area contributed by atoms with Crippen LogP contribution in [-0.2, 0) is 9.53 Å². The Labute approximate surface area is 152 Å². The Morgan fingerprint density at radius 2 is 2.08 bits per heavy atom. The zero-order valence-electron chi connectivity index (χ0n) is 13.8. The number of nitrogens with two attached hydrogens (primary N) is 1. The number of methoxy groups -OCH3 is 1. The van der Waals surface area contributed by atoms with Gasteiger partial charge in [0, 0.05) is 22.5 Å². The maximum Gasteiger partial charge on any atom is 0.340 e. The van der Waals surface area contributed by atoms with E-state index in [1.807, 2.05) is 24.3 Å². The van der Waals surface area contributed by atoms with Crippen molar-refractivity contribution in [2.24, 2.45) is 5.73 Å². The van der Waals surface area contributed by atoms with Gasteiger partial charge in [-0.1, -0.05) is 29.5 Å². The van der Waals surface area contributed by atoms with Crippen molar-refractivity contribution in [1.29, 1.82) is 0 Å². The lowest BCUT2D eigenvalue weighted by Gasteiger charge is -2.27. The molecule has 0 aliphatic carbocycles. The summed E-state index contributed by atoms with van der Waals surface area (Å²) in [4.78, 5) is 29.4. The van der Waals surface area contributed by atoms with Gasteiger partial charge in [-0.2, -0.15) is 0 Å². The molecule has 3 heterocycles. The number of aromatic nitrogens is 1. The van der Waals surface area contributed by atoms with Gasteiger partial charge in [0.1, 0.15) is 11.3 Å². The second-order valence-corrected chi connectivity index (χ2v) is 6.73. The lowest BCUT2D eigenvalue weighted by molar-refractivity contribution is -0.136. The highest BCUT2D eigenvalue weighted by Gasteiger charge is 2.38. The topological polar surface area (TPSA) is 91.5 Å². The Hall–Kier alpha value is -3.19. The smallest absolute Gasteiger partial charge is 0.340 e. The minimum Gasteiger partial charge on any atom is -0.465 e. The standard InChI is InChI=1S/C19H14N2O4S/c1-24-18(22)15-13(10-5-4-8-21-9-10)14-16(25-17(15)20)11-6-2-3-7-12(11)26-19(14)23/h2-9,13H,20H2,1H3/t13-/m0/s1. The lowest BCUT2D eigenvalue weighted by Crippen LogP contribution is -2.30. The summed E-state index contributed by atoms with van der Waals surface area (Å²) in [6.45, 7) is 0. The van der Waals surface area contributed by atoms with E-state index >= 15 is 0 Å². The highest BCUT2D eigenvalue weighted by Crippen LogP contribution is 2.44. The van der Waals surface area contributed by atoms with Crippen LogP contribution in [0.1, 0.15) is 17.0 Å². The van der Waals surface area contributed by atoms with Crippen LogP contribution < -0.4 is 15.2 Å². The molecule has 26 heavy (non-hydrogen) atoms. The fraction of sp³-hybridized carbons (Fsp3) is 0.105. The second-order valence-electron chi connectivity index (χ2n) is 5.72. The molecule has 0 saturated heterocycles. The van der Waals surface area contributed by atoms with Crippen molar-refractivity contribution in [2.75, 3.05) is 7.11 Å². The predicted octanol–water partition coefficient (Wildman–Crippen LogP) is 2.52. The van der Waals surface area contributed by atoms with Crippen LogP contribution in [0.3, 0.4) is 0 Å². The summed E-state index contributed by atoms with van der Waals surface area (Å²) >= 11 is 1.11. The van der Waals surface area contributed by atoms with Crippen molar-refractivity contribution in [3.63, 3.8) is 0 Å². The molecular weight excluding hydrogens is 352 g/mol. The SMILES string of the molecule is COC(=O)C1=C(N)Oc2c(c(=O)sc3ccccc23)[C@@H]1c1cccnc1. The number of pyridine rings is 1. The molecule has 2 aromatic heterocycles. The molecule has 0 fully saturated rings. The third-order valence-corrected chi connectivity index (χ3v) is 5.26. The first kappa shape index (κ1) is 16.3. The minimum atomic E-state index is -0.701. The number of benzene rings is 1. The van der Waals surface area contributed by atoms with Crippen LogP contribution in [0.4, 0.5) is 0 Å². The van der Waals surface area contributed by atoms with Crippen molar-refractivity contribution in [3.05, 3.63) is 80.9 Å². The molecule has 7 heteroatoms. The molecule has 6 nitrogen and oxygen atoms in total. The quantitative estimate of drug-likeness (QED) is 0.701. The molecular formula is C19H14N2O4S. The molecule has 1 aliphatic heterocycles. The van der Waals surface area contributed by atoms with Crippen molar-refractivity contribution in [1.82, 2.24) is 4.98 Å². The van der Waals surface area contributed by atoms with Gasteiger partial charge in [0.05, 0.1) is 18.6 Å². The van der Waals surface area contributed by atoms with Crippen LogP contribution in [0, 0.1) is 0 Å². The van der Waals surface area contributed by atoms with E-state index in [1.54, 1.807) is 24.5 Å². The fourth-order valence-electron chi connectivity index (χ4n) is 3.15. The number of hydrogen-bond acceptors (Lipinski definition) is 7. The third kappa shape index (κ3) is 2.44. The summed E-state index contributed by atoms with van der Waals surface area (Å²) in [5.74, 6) is -1.03. The minimum absolute atomic E-state index is 0.0704. The number of ether oxygens (including phenoxy) is 2. The number of hydrogen-bond donors (Lipinski definition) is 1. The van der Waals surface area contributed by atoms with Crippen molar-refractivity contribution >= 4 is 27.4 Å². The maximum atomic E-state index is 12.9. The van der Waals surface area contributed by atoms with E-state index in [1.165, 1.54) is 7.11 Å². The molecule has 1 atom stereocenters. The van der Waals surface area contributed by atoms with E-state index in [0.717, 1.165) is 21.4 Å². The van der Waals surface area contributed by atoms with Crippen molar-refractivity contribution < 1.29 is 14.3 Å². The molecule has 3 aromatic rings. The highest BCUT2D eigenvalue weighted by molar-refractivity contribution is 7.16. The number of fused-ring (bicyclic) bond motifs is 3. The van der Waals surface area contributed by atoms with Gasteiger partial charge in [-0.15, -0.1) is 0 Å². The second kappa shape index (κ2) is 6.27. The van der Waals surface area contributed by atoms with Crippen molar-refractivity contribution in [2.45, 2.75) is 5.92 Å². The summed E-state index contributed by atoms with van der Waals surface area (Å²) in [5, 5.41) is 0.771. The van der Waals surface area contributed by atoms with Gasteiger partial charge in [-0.05, 0) is 23.8 Å². The summed E-state index contributed by atoms with van der Waals surface area (Å²) in [6, 6.07) is 11.0. The molecule has 0 spiro atoms. The molecule has 4 rings (SSSR count). The largest absolute Gasteiger partial charge is 0.465 e. The van der Waals surface area contributed by atoms with E-state index in [2.05, 4.69) is 4.98 Å². The zero-order chi connectivity index (χ0) is 18.3. The Balaban J connectivity index is 2.08. The van der Waals surface area contributed by atoms with Crippen LogP contribution in [0.2, 0.25) is 0 Å². The van der Waals surface area contributed by atoms with Gasteiger partial charge in [-0.25, -0.2) is 4.79 Å². The monoisotopic (exact) mass is 366 g/mol. The summed E-state index contributed by atoms with van der Waals surface area (Å²) in [7, 11) is 1.26. The molecule has 0 amide bonds. The van der Waals surface area contributed by atoms with Crippen LogP contribution >= 0.6 is 11.3 Å². The first-order valence-electron chi connectivity index (χ1n) is 7.83. The number of carbonyl (C=O) groups excluding carboxylic acids is 1.